The van der Waals surface area contributed by atoms with Gasteiger partial charge in [-0.2, -0.15) is 0 Å². The highest BCUT2D eigenvalue weighted by Crippen LogP contribution is 2.65. The van der Waals surface area contributed by atoms with E-state index in [1.165, 1.54) is 4.90 Å². The molecule has 7 nitrogen and oxygen atoms in total. The molecule has 184 valence electrons. The summed E-state index contributed by atoms with van der Waals surface area (Å²) in [6.07, 6.45) is 7.17. The van der Waals surface area contributed by atoms with Crippen LogP contribution in [0.5, 0.6) is 0 Å². The van der Waals surface area contributed by atoms with Gasteiger partial charge >= 0.3 is 5.97 Å². The summed E-state index contributed by atoms with van der Waals surface area (Å²) in [6.45, 7) is 2.38. The third-order valence-electron chi connectivity index (χ3n) is 8.14. The summed E-state index contributed by atoms with van der Waals surface area (Å²) in [7, 11) is 0. The summed E-state index contributed by atoms with van der Waals surface area (Å²) in [5.74, 6) is -0.0447. The lowest BCUT2D eigenvalue weighted by molar-refractivity contribution is -0.124. The predicted octanol–water partition coefficient (Wildman–Crippen LogP) is 4.45. The average Bonchev–Trinajstić information content (AvgIpc) is 3.67. The first-order valence-corrected chi connectivity index (χ1v) is 12.7. The van der Waals surface area contributed by atoms with Gasteiger partial charge in [0.15, 0.2) is 0 Å². The van der Waals surface area contributed by atoms with Crippen LogP contribution in [0.15, 0.2) is 60.7 Å². The van der Waals surface area contributed by atoms with Crippen molar-refractivity contribution in [3.8, 4) is 0 Å². The Kier molecular flexibility index (Phi) is 5.51. The Morgan fingerprint density at radius 1 is 0.944 bits per heavy atom. The second kappa shape index (κ2) is 8.73. The van der Waals surface area contributed by atoms with E-state index in [9.17, 15) is 19.2 Å². The second-order valence-electron chi connectivity index (χ2n) is 10.2. The third kappa shape index (κ3) is 3.65. The normalized spacial score (nSPS) is 29.1. The molecule has 1 saturated heterocycles. The maximum atomic E-state index is 13.3. The number of carbonyl (C=O) groups excluding carboxylic acids is 4. The molecule has 1 aliphatic heterocycles. The Balaban J connectivity index is 1.14. The van der Waals surface area contributed by atoms with E-state index in [2.05, 4.69) is 17.5 Å². The van der Waals surface area contributed by atoms with Crippen LogP contribution in [0.4, 0.5) is 11.4 Å². The largest absolute Gasteiger partial charge is 0.462 e. The van der Waals surface area contributed by atoms with Crippen LogP contribution >= 0.6 is 0 Å². The topological polar surface area (TPSA) is 92.8 Å². The average molecular weight is 485 g/mol. The molecule has 7 rings (SSSR count). The van der Waals surface area contributed by atoms with Crippen molar-refractivity contribution in [2.45, 2.75) is 26.2 Å². The number of amides is 3. The first-order valence-electron chi connectivity index (χ1n) is 12.7. The van der Waals surface area contributed by atoms with Crippen LogP contribution in [0.1, 0.15) is 46.9 Å². The Hall–Kier alpha value is -3.74. The molecule has 1 N–H and O–H groups in total. The summed E-state index contributed by atoms with van der Waals surface area (Å²) in [4.78, 5) is 52.9. The molecule has 2 aromatic carbocycles. The van der Waals surface area contributed by atoms with Gasteiger partial charge in [-0.3, -0.25) is 19.3 Å². The van der Waals surface area contributed by atoms with E-state index < -0.39 is 5.97 Å². The zero-order valence-electron chi connectivity index (χ0n) is 20.1. The van der Waals surface area contributed by atoms with Crippen molar-refractivity contribution >= 4 is 35.1 Å². The first-order chi connectivity index (χ1) is 17.5. The van der Waals surface area contributed by atoms with Gasteiger partial charge in [0.1, 0.15) is 0 Å². The number of esters is 1. The lowest BCUT2D eigenvalue weighted by Crippen LogP contribution is -2.40. The van der Waals surface area contributed by atoms with Crippen molar-refractivity contribution in [3.63, 3.8) is 0 Å². The van der Waals surface area contributed by atoms with E-state index in [0.29, 0.717) is 40.9 Å². The Morgan fingerprint density at radius 3 is 2.25 bits per heavy atom. The molecule has 0 spiro atoms. The van der Waals surface area contributed by atoms with E-state index in [1.54, 1.807) is 48.5 Å². The first kappa shape index (κ1) is 22.7. The molecule has 6 atom stereocenters. The highest BCUT2D eigenvalue weighted by molar-refractivity contribution is 6.22. The van der Waals surface area contributed by atoms with Crippen molar-refractivity contribution < 1.29 is 23.9 Å². The van der Waals surface area contributed by atoms with Crippen molar-refractivity contribution in [2.75, 3.05) is 16.8 Å². The summed E-state index contributed by atoms with van der Waals surface area (Å²) in [5, 5.41) is 2.80. The van der Waals surface area contributed by atoms with Crippen LogP contribution < -0.4 is 10.2 Å². The molecular weight excluding hydrogens is 456 g/mol. The number of allylic oxidation sites excluding steroid dienone is 2. The minimum absolute atomic E-state index is 0.116. The zero-order valence-corrected chi connectivity index (χ0v) is 20.1. The molecule has 3 fully saturated rings. The maximum Gasteiger partial charge on any atom is 0.338 e. The Bertz CT molecular complexity index is 1250. The molecule has 4 aliphatic carbocycles. The van der Waals surface area contributed by atoms with Gasteiger partial charge in [0.05, 0.1) is 29.7 Å². The summed E-state index contributed by atoms with van der Waals surface area (Å²) in [6, 6.07) is 13.1. The summed E-state index contributed by atoms with van der Waals surface area (Å²) < 4.78 is 5.24. The van der Waals surface area contributed by atoms with Crippen LogP contribution in [0.3, 0.4) is 0 Å². The number of nitrogens with zero attached hydrogens (tertiary/aromatic N) is 1. The van der Waals surface area contributed by atoms with Crippen LogP contribution in [0, 0.1) is 35.5 Å². The molecule has 3 amide bonds. The van der Waals surface area contributed by atoms with Gasteiger partial charge in [0, 0.05) is 11.3 Å². The molecule has 7 heteroatoms. The standard InChI is InChI=1S/C29H28N2O5/c1-2-3-13-36-29(35)17-5-4-6-18(14-17)30-26(32)16-7-9-19(10-8-16)31-27(33)24-20-11-12-21(23-15-22(20)23)25(24)28(31)34/h4-12,14,20-25H,2-3,13,15H2,1H3,(H,30,32). The molecule has 6 unspecified atom stereocenters. The summed E-state index contributed by atoms with van der Waals surface area (Å²) in [5.41, 5.74) is 1.73. The maximum absolute atomic E-state index is 13.3. The fraction of sp³-hybridized carbons (Fsp3) is 0.379. The molecule has 0 aromatic heterocycles. The van der Waals surface area contributed by atoms with E-state index in [1.807, 2.05) is 6.92 Å². The predicted molar refractivity (Wildman–Crippen MR) is 133 cm³/mol. The van der Waals surface area contributed by atoms with Crippen molar-refractivity contribution in [2.24, 2.45) is 35.5 Å². The van der Waals surface area contributed by atoms with Crippen molar-refractivity contribution in [1.82, 2.24) is 0 Å². The van der Waals surface area contributed by atoms with E-state index in [-0.39, 0.29) is 41.4 Å². The fourth-order valence-electron chi connectivity index (χ4n) is 6.29. The van der Waals surface area contributed by atoms with Gasteiger partial charge in [-0.05, 0) is 79.0 Å². The minimum Gasteiger partial charge on any atom is -0.462 e. The minimum atomic E-state index is -0.426. The number of hydrogen-bond donors (Lipinski definition) is 1. The number of ether oxygens (including phenoxy) is 1. The van der Waals surface area contributed by atoms with Crippen molar-refractivity contribution in [1.29, 1.82) is 0 Å². The van der Waals surface area contributed by atoms with Crippen LogP contribution in [0.2, 0.25) is 0 Å². The molecule has 2 aromatic rings. The van der Waals surface area contributed by atoms with Gasteiger partial charge in [0.2, 0.25) is 11.8 Å². The number of benzene rings is 2. The number of nitrogens with one attached hydrogen (secondary N) is 1. The third-order valence-corrected chi connectivity index (χ3v) is 8.14. The fourth-order valence-corrected chi connectivity index (χ4v) is 6.29. The van der Waals surface area contributed by atoms with Gasteiger partial charge in [-0.1, -0.05) is 31.6 Å². The van der Waals surface area contributed by atoms with E-state index >= 15 is 0 Å². The quantitative estimate of drug-likeness (QED) is 0.271. The molecular formula is C29H28N2O5. The molecule has 0 radical (unpaired) electrons. The SMILES string of the molecule is CCCCOC(=O)c1cccc(NC(=O)c2ccc(N3C(=O)C4C5C=CC(C6CC56)C4C3=O)cc2)c1. The lowest BCUT2D eigenvalue weighted by atomic mass is 9.63. The van der Waals surface area contributed by atoms with E-state index in [0.717, 1.165) is 19.3 Å². The van der Waals surface area contributed by atoms with E-state index in [4.69, 9.17) is 4.74 Å². The van der Waals surface area contributed by atoms with Gasteiger partial charge in [0.25, 0.3) is 5.91 Å². The highest BCUT2D eigenvalue weighted by atomic mass is 16.5. The molecule has 1 heterocycles. The lowest BCUT2D eigenvalue weighted by Gasteiger charge is -2.37. The number of imide groups is 1. The number of carbonyl (C=O) groups is 4. The number of rotatable bonds is 7. The van der Waals surface area contributed by atoms with Crippen LogP contribution in [0.25, 0.3) is 0 Å². The monoisotopic (exact) mass is 484 g/mol. The van der Waals surface area contributed by atoms with Gasteiger partial charge in [-0.25, -0.2) is 4.79 Å². The van der Waals surface area contributed by atoms with Crippen LogP contribution in [-0.2, 0) is 14.3 Å². The number of unbranched alkanes of at least 4 members (excludes halogenated alkanes) is 1. The molecule has 2 bridgehead atoms. The summed E-state index contributed by atoms with van der Waals surface area (Å²) >= 11 is 0. The smallest absolute Gasteiger partial charge is 0.338 e. The molecule has 5 aliphatic rings. The molecule has 2 saturated carbocycles. The number of hydrogen-bond acceptors (Lipinski definition) is 5. The van der Waals surface area contributed by atoms with Crippen molar-refractivity contribution in [3.05, 3.63) is 71.8 Å². The molecule has 36 heavy (non-hydrogen) atoms. The van der Waals surface area contributed by atoms with Gasteiger partial charge in [-0.15, -0.1) is 0 Å². The van der Waals surface area contributed by atoms with Crippen LogP contribution in [-0.4, -0.2) is 30.3 Å². The zero-order chi connectivity index (χ0) is 25.0. The Morgan fingerprint density at radius 2 is 1.61 bits per heavy atom. The second-order valence-corrected chi connectivity index (χ2v) is 10.2. The highest BCUT2D eigenvalue weighted by Gasteiger charge is 2.67. The van der Waals surface area contributed by atoms with Gasteiger partial charge < -0.3 is 10.1 Å². The number of anilines is 2. The Labute approximate surface area is 209 Å².